The van der Waals surface area contributed by atoms with Gasteiger partial charge in [-0.25, -0.2) is 0 Å². The molecule has 3 fully saturated rings. The van der Waals surface area contributed by atoms with E-state index in [1.165, 1.54) is 109 Å². The molecule has 3 aliphatic rings. The lowest BCUT2D eigenvalue weighted by molar-refractivity contribution is -0.00808. The predicted molar refractivity (Wildman–Crippen MR) is 122 cm³/mol. The van der Waals surface area contributed by atoms with E-state index in [-0.39, 0.29) is 5.41 Å². The van der Waals surface area contributed by atoms with Crippen molar-refractivity contribution in [3.8, 4) is 6.07 Å². The van der Waals surface area contributed by atoms with Crippen LogP contribution >= 0.6 is 0 Å². The average Bonchev–Trinajstić information content (AvgIpc) is 2.79. The standard InChI is InChI=1S/C27H47NO/c1-3-5-7-22-8-10-23(11-9-22)24-16-18-27(21-28,19-17-24)25-12-14-26(15-13-25)29-20-6-4-2/h22-26H,3-20H2,1-2H3. The monoisotopic (exact) mass is 401 g/mol. The van der Waals surface area contributed by atoms with Gasteiger partial charge in [0.15, 0.2) is 0 Å². The fourth-order valence-electron chi connectivity index (χ4n) is 6.86. The van der Waals surface area contributed by atoms with Crippen LogP contribution in [0.15, 0.2) is 0 Å². The molecule has 3 rings (SSSR count). The lowest BCUT2D eigenvalue weighted by atomic mass is 9.58. The van der Waals surface area contributed by atoms with E-state index in [4.69, 9.17) is 4.74 Å². The third-order valence-corrected chi connectivity index (χ3v) is 8.98. The molecule has 0 atom stereocenters. The molecule has 166 valence electrons. The zero-order valence-corrected chi connectivity index (χ0v) is 19.5. The number of ether oxygens (including phenoxy) is 1. The summed E-state index contributed by atoms with van der Waals surface area (Å²) in [5, 5.41) is 10.2. The van der Waals surface area contributed by atoms with Crippen LogP contribution in [0, 0.1) is 40.4 Å². The Bertz CT molecular complexity index is 485. The van der Waals surface area contributed by atoms with Crippen LogP contribution in [0.4, 0.5) is 0 Å². The van der Waals surface area contributed by atoms with E-state index < -0.39 is 0 Å². The SMILES string of the molecule is CCCCOC1CCC(C2(C#N)CCC(C3CCC(CCCC)CC3)CC2)CC1. The molecule has 0 aliphatic heterocycles. The van der Waals surface area contributed by atoms with E-state index in [1.54, 1.807) is 0 Å². The van der Waals surface area contributed by atoms with E-state index in [0.29, 0.717) is 12.0 Å². The number of hydrogen-bond acceptors (Lipinski definition) is 2. The molecule has 0 spiro atoms. The second-order valence-corrected chi connectivity index (χ2v) is 10.7. The molecule has 0 heterocycles. The van der Waals surface area contributed by atoms with Crippen LogP contribution < -0.4 is 0 Å². The highest BCUT2D eigenvalue weighted by molar-refractivity contribution is 5.06. The Morgan fingerprint density at radius 2 is 1.41 bits per heavy atom. The minimum absolute atomic E-state index is 0.0107. The van der Waals surface area contributed by atoms with Gasteiger partial charge in [0.2, 0.25) is 0 Å². The quantitative estimate of drug-likeness (QED) is 0.366. The summed E-state index contributed by atoms with van der Waals surface area (Å²) < 4.78 is 6.07. The number of nitriles is 1. The van der Waals surface area contributed by atoms with Gasteiger partial charge in [-0.15, -0.1) is 0 Å². The highest BCUT2D eigenvalue weighted by atomic mass is 16.5. The average molecular weight is 402 g/mol. The van der Waals surface area contributed by atoms with Gasteiger partial charge in [0.25, 0.3) is 0 Å². The molecule has 0 radical (unpaired) electrons. The number of hydrogen-bond donors (Lipinski definition) is 0. The van der Waals surface area contributed by atoms with Gasteiger partial charge < -0.3 is 4.74 Å². The molecule has 2 nitrogen and oxygen atoms in total. The van der Waals surface area contributed by atoms with Crippen LogP contribution in [-0.2, 0) is 4.74 Å². The Labute approximate surface area is 181 Å². The van der Waals surface area contributed by atoms with Gasteiger partial charge in [0, 0.05) is 6.61 Å². The van der Waals surface area contributed by atoms with Crippen molar-refractivity contribution >= 4 is 0 Å². The first-order chi connectivity index (χ1) is 14.2. The van der Waals surface area contributed by atoms with Crippen molar-refractivity contribution in [2.45, 2.75) is 129 Å². The summed E-state index contributed by atoms with van der Waals surface area (Å²) in [6.07, 6.45) is 22.8. The highest BCUT2D eigenvalue weighted by Crippen LogP contribution is 2.52. The maximum atomic E-state index is 10.2. The van der Waals surface area contributed by atoms with Crippen LogP contribution in [0.2, 0.25) is 0 Å². The van der Waals surface area contributed by atoms with Gasteiger partial charge in [0.05, 0.1) is 17.6 Å². The Hall–Kier alpha value is -0.550. The molecule has 2 heteroatoms. The van der Waals surface area contributed by atoms with Crippen LogP contribution in [-0.4, -0.2) is 12.7 Å². The summed E-state index contributed by atoms with van der Waals surface area (Å²) in [5.41, 5.74) is -0.0107. The molecule has 0 N–H and O–H groups in total. The summed E-state index contributed by atoms with van der Waals surface area (Å²) in [5.74, 6) is 3.52. The van der Waals surface area contributed by atoms with Crippen molar-refractivity contribution < 1.29 is 4.74 Å². The number of rotatable bonds is 9. The second-order valence-electron chi connectivity index (χ2n) is 10.7. The lowest BCUT2D eigenvalue weighted by Gasteiger charge is -2.45. The van der Waals surface area contributed by atoms with Crippen molar-refractivity contribution in [3.63, 3.8) is 0 Å². The van der Waals surface area contributed by atoms with E-state index in [1.807, 2.05) is 0 Å². The minimum Gasteiger partial charge on any atom is -0.378 e. The number of nitrogens with zero attached hydrogens (tertiary/aromatic N) is 1. The molecule has 3 aliphatic carbocycles. The fraction of sp³-hybridized carbons (Fsp3) is 0.963. The smallest absolute Gasteiger partial charge is 0.0692 e. The van der Waals surface area contributed by atoms with Crippen molar-refractivity contribution in [2.75, 3.05) is 6.61 Å². The number of unbranched alkanes of at least 4 members (excludes halogenated alkanes) is 2. The van der Waals surface area contributed by atoms with Crippen molar-refractivity contribution in [2.24, 2.45) is 29.1 Å². The maximum absolute atomic E-state index is 10.2. The van der Waals surface area contributed by atoms with Gasteiger partial charge in [-0.05, 0) is 94.3 Å². The molecule has 0 bridgehead atoms. The Morgan fingerprint density at radius 1 is 0.793 bits per heavy atom. The first kappa shape index (κ1) is 23.1. The third-order valence-electron chi connectivity index (χ3n) is 8.98. The molecule has 0 aromatic heterocycles. The Balaban J connectivity index is 1.42. The molecule has 0 aromatic carbocycles. The predicted octanol–water partition coefficient (Wildman–Crippen LogP) is 8.06. The zero-order valence-electron chi connectivity index (χ0n) is 19.5. The first-order valence-electron chi connectivity index (χ1n) is 13.2. The molecule has 0 aromatic rings. The topological polar surface area (TPSA) is 33.0 Å². The summed E-state index contributed by atoms with van der Waals surface area (Å²) in [6, 6.07) is 2.87. The fourth-order valence-corrected chi connectivity index (χ4v) is 6.86. The normalized spacial score (nSPS) is 38.4. The largest absolute Gasteiger partial charge is 0.378 e. The Kier molecular flexibility index (Phi) is 9.36. The van der Waals surface area contributed by atoms with E-state index in [9.17, 15) is 5.26 Å². The molecule has 0 amide bonds. The second kappa shape index (κ2) is 11.7. The van der Waals surface area contributed by atoms with Crippen LogP contribution in [0.3, 0.4) is 0 Å². The van der Waals surface area contributed by atoms with E-state index >= 15 is 0 Å². The zero-order chi connectivity index (χ0) is 20.5. The highest BCUT2D eigenvalue weighted by Gasteiger charge is 2.44. The first-order valence-corrected chi connectivity index (χ1v) is 13.2. The van der Waals surface area contributed by atoms with Gasteiger partial charge >= 0.3 is 0 Å². The molecular formula is C27H47NO. The molecule has 3 saturated carbocycles. The van der Waals surface area contributed by atoms with Crippen molar-refractivity contribution in [1.29, 1.82) is 5.26 Å². The summed E-state index contributed by atoms with van der Waals surface area (Å²) in [4.78, 5) is 0. The molecular weight excluding hydrogens is 354 g/mol. The lowest BCUT2D eigenvalue weighted by Crippen LogP contribution is -2.38. The van der Waals surface area contributed by atoms with Gasteiger partial charge in [-0.1, -0.05) is 52.4 Å². The van der Waals surface area contributed by atoms with Crippen molar-refractivity contribution in [3.05, 3.63) is 0 Å². The van der Waals surface area contributed by atoms with Crippen LogP contribution in [0.25, 0.3) is 0 Å². The summed E-state index contributed by atoms with van der Waals surface area (Å²) in [7, 11) is 0. The van der Waals surface area contributed by atoms with Gasteiger partial charge in [0.1, 0.15) is 0 Å². The molecule has 0 saturated heterocycles. The summed E-state index contributed by atoms with van der Waals surface area (Å²) in [6.45, 7) is 5.48. The maximum Gasteiger partial charge on any atom is 0.0692 e. The van der Waals surface area contributed by atoms with Gasteiger partial charge in [-0.3, -0.25) is 0 Å². The van der Waals surface area contributed by atoms with Crippen LogP contribution in [0.5, 0.6) is 0 Å². The molecule has 29 heavy (non-hydrogen) atoms. The third kappa shape index (κ3) is 6.22. The summed E-state index contributed by atoms with van der Waals surface area (Å²) >= 11 is 0. The van der Waals surface area contributed by atoms with Crippen LogP contribution in [0.1, 0.15) is 123 Å². The minimum atomic E-state index is -0.0107. The van der Waals surface area contributed by atoms with E-state index in [0.717, 1.165) is 24.4 Å². The van der Waals surface area contributed by atoms with Gasteiger partial charge in [-0.2, -0.15) is 5.26 Å². The molecule has 0 unspecified atom stereocenters. The Morgan fingerprint density at radius 3 is 2.00 bits per heavy atom. The van der Waals surface area contributed by atoms with E-state index in [2.05, 4.69) is 19.9 Å². The van der Waals surface area contributed by atoms with Crippen molar-refractivity contribution in [1.82, 2.24) is 0 Å².